The second-order valence-corrected chi connectivity index (χ2v) is 17.3. The molecule has 0 heterocycles. The average Bonchev–Trinajstić information content (AvgIpc) is 2.66. The van der Waals surface area contributed by atoms with E-state index in [4.69, 9.17) is 7.58 Å². The quantitative estimate of drug-likeness (QED) is 0.351. The van der Waals surface area contributed by atoms with E-state index in [2.05, 4.69) is 135 Å². The van der Waals surface area contributed by atoms with Crippen LogP contribution in [0.25, 0.3) is 0 Å². The predicted octanol–water partition coefficient (Wildman–Crippen LogP) is 10.1. The van der Waals surface area contributed by atoms with E-state index in [0.717, 1.165) is 16.8 Å². The second kappa shape index (κ2) is 11.0. The molecule has 0 aromatic heterocycles. The summed E-state index contributed by atoms with van der Waals surface area (Å²) in [5.41, 5.74) is 8.31. The first-order valence-corrected chi connectivity index (χ1v) is 15.9. The molecular weight excluding hydrogens is 467 g/mol. The summed E-state index contributed by atoms with van der Waals surface area (Å²) >= 11 is -2.07. The zero-order chi connectivity index (χ0) is 28.7. The Morgan fingerprint density at radius 1 is 0.568 bits per heavy atom. The highest BCUT2D eigenvalue weighted by molar-refractivity contribution is 6.46. The van der Waals surface area contributed by atoms with Gasteiger partial charge < -0.3 is 7.58 Å². The molecule has 0 N–H and O–H groups in total. The van der Waals surface area contributed by atoms with Crippen LogP contribution in [0.15, 0.2) is 24.3 Å². The summed E-state index contributed by atoms with van der Waals surface area (Å²) in [6.07, 6.45) is 0. The standard InChI is InChI=1S/2C15H24O.C4H9.Al/c2*1-10-12(16)9-8-11(14(2,3)4)13(10)15(5,6)7;1-4(2)3;/h2*8-9,16H,1-7H3;4H,1H2,2-3H3;/q;;;+2/p-2. The summed E-state index contributed by atoms with van der Waals surface area (Å²) in [5, 5.41) is 0.955. The van der Waals surface area contributed by atoms with Crippen molar-refractivity contribution in [2.75, 3.05) is 0 Å². The molecule has 2 rings (SSSR count). The van der Waals surface area contributed by atoms with E-state index in [0.29, 0.717) is 5.92 Å². The minimum absolute atomic E-state index is 0.0308. The van der Waals surface area contributed by atoms with E-state index >= 15 is 0 Å². The maximum absolute atomic E-state index is 6.86. The molecule has 0 radical (unpaired) electrons. The summed E-state index contributed by atoms with van der Waals surface area (Å²) in [7, 11) is 0. The van der Waals surface area contributed by atoms with Crippen molar-refractivity contribution in [1.29, 1.82) is 0 Å². The highest BCUT2D eigenvalue weighted by Gasteiger charge is 2.37. The Morgan fingerprint density at radius 3 is 1.14 bits per heavy atom. The van der Waals surface area contributed by atoms with Gasteiger partial charge in [0.15, 0.2) is 0 Å². The molecule has 2 nitrogen and oxygen atoms in total. The first-order chi connectivity index (χ1) is 16.5. The number of hydrogen-bond donors (Lipinski definition) is 0. The van der Waals surface area contributed by atoms with Crippen molar-refractivity contribution in [2.24, 2.45) is 5.92 Å². The smallest absolute Gasteiger partial charge is 0.612 e. The fraction of sp³-hybridized carbons (Fsp3) is 0.647. The summed E-state index contributed by atoms with van der Waals surface area (Å²) in [6.45, 7) is 36.6. The largest absolute Gasteiger partial charge is 0.857 e. The lowest BCUT2D eigenvalue weighted by Crippen LogP contribution is -2.33. The number of benzene rings is 2. The van der Waals surface area contributed by atoms with Gasteiger partial charge >= 0.3 is 14.8 Å². The fourth-order valence-corrected chi connectivity index (χ4v) is 7.70. The molecule has 0 saturated heterocycles. The van der Waals surface area contributed by atoms with Gasteiger partial charge in [-0.05, 0) is 86.3 Å². The van der Waals surface area contributed by atoms with E-state index < -0.39 is 14.8 Å². The Kier molecular flexibility index (Phi) is 9.43. The molecule has 206 valence electrons. The first-order valence-electron chi connectivity index (χ1n) is 14.2. The molecule has 0 aliphatic rings. The number of rotatable bonds is 6. The Bertz CT molecular complexity index is 1000. The van der Waals surface area contributed by atoms with E-state index in [1.165, 1.54) is 33.4 Å². The zero-order valence-electron chi connectivity index (χ0n) is 27.0. The normalized spacial score (nSPS) is 13.2. The molecule has 2 aromatic rings. The molecule has 0 bridgehead atoms. The minimum Gasteiger partial charge on any atom is -0.612 e. The van der Waals surface area contributed by atoms with Gasteiger partial charge in [0.1, 0.15) is 0 Å². The van der Waals surface area contributed by atoms with Crippen LogP contribution < -0.4 is 7.58 Å². The third-order valence-electron chi connectivity index (χ3n) is 7.13. The van der Waals surface area contributed by atoms with E-state index in [9.17, 15) is 0 Å². The van der Waals surface area contributed by atoms with Gasteiger partial charge in [-0.2, -0.15) is 0 Å². The van der Waals surface area contributed by atoms with Gasteiger partial charge in [0, 0.05) is 0 Å². The molecule has 0 aliphatic carbocycles. The Morgan fingerprint density at radius 2 is 0.892 bits per heavy atom. The Balaban J connectivity index is 2.59. The summed E-state index contributed by atoms with van der Waals surface area (Å²) < 4.78 is 13.7. The van der Waals surface area contributed by atoms with Crippen molar-refractivity contribution in [3.63, 3.8) is 0 Å². The van der Waals surface area contributed by atoms with Crippen LogP contribution in [0, 0.1) is 19.8 Å². The molecule has 0 fully saturated rings. The second-order valence-electron chi connectivity index (χ2n) is 15.5. The highest BCUT2D eigenvalue weighted by atomic mass is 27.2. The molecule has 0 unspecified atom stereocenters. The van der Waals surface area contributed by atoms with E-state index in [1.54, 1.807) is 0 Å². The van der Waals surface area contributed by atoms with Crippen LogP contribution >= 0.6 is 0 Å². The summed E-state index contributed by atoms with van der Waals surface area (Å²) in [6, 6.07) is 8.94. The van der Waals surface area contributed by atoms with E-state index in [1.807, 2.05) is 0 Å². The van der Waals surface area contributed by atoms with Crippen LogP contribution in [-0.4, -0.2) is 14.8 Å². The fourth-order valence-electron chi connectivity index (χ4n) is 5.61. The lowest BCUT2D eigenvalue weighted by atomic mass is 9.73. The van der Waals surface area contributed by atoms with Crippen molar-refractivity contribution in [2.45, 2.75) is 138 Å². The van der Waals surface area contributed by atoms with Crippen molar-refractivity contribution in [3.8, 4) is 11.5 Å². The monoisotopic (exact) mass is 522 g/mol. The molecule has 37 heavy (non-hydrogen) atoms. The van der Waals surface area contributed by atoms with Crippen molar-refractivity contribution < 1.29 is 7.58 Å². The van der Waals surface area contributed by atoms with Gasteiger partial charge in [-0.1, -0.05) is 115 Å². The van der Waals surface area contributed by atoms with Gasteiger partial charge in [0.05, 0.1) is 11.5 Å². The van der Waals surface area contributed by atoms with Gasteiger partial charge in [-0.25, -0.2) is 0 Å². The lowest BCUT2D eigenvalue weighted by molar-refractivity contribution is 0.402. The SMILES string of the molecule is Cc1c([O][Al]([CH2]C(C)C)[O]c2ccc(C(C)(C)C)c(C(C)(C)C)c2C)ccc(C(C)(C)C)c1C(C)(C)C. The molecular formula is C34H55AlO2. The van der Waals surface area contributed by atoms with Crippen LogP contribution in [-0.2, 0) is 21.7 Å². The highest BCUT2D eigenvalue weighted by Crippen LogP contribution is 2.42. The molecule has 0 saturated carbocycles. The van der Waals surface area contributed by atoms with Crippen molar-refractivity contribution >= 4 is 14.8 Å². The molecule has 3 heteroatoms. The third kappa shape index (κ3) is 7.80. The molecule has 0 atom stereocenters. The first kappa shape index (κ1) is 31.8. The van der Waals surface area contributed by atoms with Crippen LogP contribution in [0.5, 0.6) is 11.5 Å². The van der Waals surface area contributed by atoms with Crippen LogP contribution in [0.1, 0.15) is 130 Å². The maximum Gasteiger partial charge on any atom is 0.857 e. The van der Waals surface area contributed by atoms with Gasteiger partial charge in [0.25, 0.3) is 0 Å². The average molecular weight is 523 g/mol. The zero-order valence-corrected chi connectivity index (χ0v) is 28.1. The predicted molar refractivity (Wildman–Crippen MR) is 164 cm³/mol. The van der Waals surface area contributed by atoms with Gasteiger partial charge in [-0.3, -0.25) is 0 Å². The van der Waals surface area contributed by atoms with E-state index in [-0.39, 0.29) is 21.7 Å². The topological polar surface area (TPSA) is 18.5 Å². The summed E-state index contributed by atoms with van der Waals surface area (Å²) in [5.74, 6) is 2.47. The minimum atomic E-state index is -2.07. The van der Waals surface area contributed by atoms with Crippen LogP contribution in [0.3, 0.4) is 0 Å². The molecule has 0 spiro atoms. The van der Waals surface area contributed by atoms with Crippen LogP contribution in [0.2, 0.25) is 5.28 Å². The number of hydrogen-bond acceptors (Lipinski definition) is 2. The summed E-state index contributed by atoms with van der Waals surface area (Å²) in [4.78, 5) is 0. The lowest BCUT2D eigenvalue weighted by Gasteiger charge is -2.34. The molecule has 2 aromatic carbocycles. The maximum atomic E-state index is 6.86. The van der Waals surface area contributed by atoms with Crippen LogP contribution in [0.4, 0.5) is 0 Å². The van der Waals surface area contributed by atoms with Gasteiger partial charge in [0.2, 0.25) is 0 Å². The Hall–Kier alpha value is -1.43. The van der Waals surface area contributed by atoms with Crippen molar-refractivity contribution in [1.82, 2.24) is 0 Å². The molecule has 0 aliphatic heterocycles. The molecule has 0 amide bonds. The Labute approximate surface area is 234 Å². The van der Waals surface area contributed by atoms with Crippen molar-refractivity contribution in [3.05, 3.63) is 57.6 Å². The third-order valence-corrected chi connectivity index (χ3v) is 9.49. The van der Waals surface area contributed by atoms with Gasteiger partial charge in [-0.15, -0.1) is 0 Å².